The molecule has 2 N–H and O–H groups in total. The fourth-order valence-electron chi connectivity index (χ4n) is 7.19. The van der Waals surface area contributed by atoms with Gasteiger partial charge in [0.2, 0.25) is 5.78 Å². The maximum atomic E-state index is 13.8. The second-order valence-corrected chi connectivity index (χ2v) is 12.9. The average Bonchev–Trinajstić information content (AvgIpc) is 2.83. The van der Waals surface area contributed by atoms with Crippen LogP contribution in [0.2, 0.25) is 0 Å². The van der Waals surface area contributed by atoms with E-state index in [1.807, 2.05) is 20.8 Å². The number of allylic oxidation sites excluding steroid dienone is 2. The van der Waals surface area contributed by atoms with Gasteiger partial charge in [-0.2, -0.15) is 0 Å². The van der Waals surface area contributed by atoms with Crippen LogP contribution in [0.1, 0.15) is 81.1 Å². The van der Waals surface area contributed by atoms with Gasteiger partial charge in [0.25, 0.3) is 0 Å². The highest BCUT2D eigenvalue weighted by atomic mass is 16.5. The average molecular weight is 533 g/mol. The lowest BCUT2D eigenvalue weighted by atomic mass is 9.54. The standard InChI is InChI=1S/C30H44O8/c1-9-14(2)26(36-17(5)31)16(4)18-13-19(32)22-25(34)23-27(38-28(22)24(18)33)15(3)12-21-30(23,8)11-10-20(37-21)29(6,7)35/h13-16,20-21,23,25-27,34-35H,9-12H2,1-8H3. The molecule has 212 valence electrons. The first-order valence-corrected chi connectivity index (χ1v) is 14.1. The van der Waals surface area contributed by atoms with Crippen molar-refractivity contribution in [3.63, 3.8) is 0 Å². The van der Waals surface area contributed by atoms with Gasteiger partial charge in [-0.3, -0.25) is 14.4 Å². The number of Topliss-reactive ketones (excluding diaryl/α,β-unsaturated/α-hetero) is 1. The van der Waals surface area contributed by atoms with Gasteiger partial charge >= 0.3 is 5.97 Å². The molecule has 2 aliphatic carbocycles. The molecular formula is C30H44O8. The molecule has 38 heavy (non-hydrogen) atoms. The van der Waals surface area contributed by atoms with Crippen molar-refractivity contribution in [3.05, 3.63) is 23.0 Å². The molecule has 0 amide bonds. The van der Waals surface area contributed by atoms with E-state index < -0.39 is 58.7 Å². The van der Waals surface area contributed by atoms with Crippen molar-refractivity contribution in [1.29, 1.82) is 0 Å². The Morgan fingerprint density at radius 1 is 1.29 bits per heavy atom. The number of aliphatic hydroxyl groups excluding tert-OH is 1. The monoisotopic (exact) mass is 532 g/mol. The Bertz CT molecular complexity index is 1050. The quantitative estimate of drug-likeness (QED) is 0.393. The first kappa shape index (κ1) is 29.0. The first-order chi connectivity index (χ1) is 17.6. The van der Waals surface area contributed by atoms with Gasteiger partial charge in [-0.25, -0.2) is 0 Å². The van der Waals surface area contributed by atoms with Crippen LogP contribution >= 0.6 is 0 Å². The molecule has 2 heterocycles. The minimum atomic E-state index is -1.18. The highest BCUT2D eigenvalue weighted by molar-refractivity contribution is 6.22. The van der Waals surface area contributed by atoms with Crippen LogP contribution in [0.5, 0.6) is 0 Å². The Morgan fingerprint density at radius 3 is 2.53 bits per heavy atom. The van der Waals surface area contributed by atoms with E-state index in [1.165, 1.54) is 13.0 Å². The lowest BCUT2D eigenvalue weighted by Gasteiger charge is -2.59. The third-order valence-corrected chi connectivity index (χ3v) is 9.70. The predicted octanol–water partition coefficient (Wildman–Crippen LogP) is 3.67. The van der Waals surface area contributed by atoms with Gasteiger partial charge in [-0.1, -0.05) is 41.0 Å². The number of esters is 1. The van der Waals surface area contributed by atoms with Gasteiger partial charge in [0.1, 0.15) is 12.2 Å². The zero-order valence-corrected chi connectivity index (χ0v) is 23.9. The fraction of sp³-hybridized carbons (Fsp3) is 0.767. The molecule has 2 fully saturated rings. The maximum Gasteiger partial charge on any atom is 0.302 e. The van der Waals surface area contributed by atoms with E-state index in [4.69, 9.17) is 14.2 Å². The van der Waals surface area contributed by atoms with Crippen LogP contribution in [-0.2, 0) is 28.6 Å². The van der Waals surface area contributed by atoms with E-state index in [-0.39, 0.29) is 40.9 Å². The van der Waals surface area contributed by atoms with E-state index in [2.05, 4.69) is 6.92 Å². The van der Waals surface area contributed by atoms with E-state index >= 15 is 0 Å². The van der Waals surface area contributed by atoms with E-state index in [9.17, 15) is 24.6 Å². The Kier molecular flexibility index (Phi) is 7.76. The summed E-state index contributed by atoms with van der Waals surface area (Å²) in [4.78, 5) is 39.1. The molecule has 0 aromatic heterocycles. The van der Waals surface area contributed by atoms with Crippen LogP contribution in [0, 0.1) is 29.1 Å². The van der Waals surface area contributed by atoms with Crippen LogP contribution in [0.3, 0.4) is 0 Å². The molecule has 0 aromatic rings. The largest absolute Gasteiger partial charge is 0.485 e. The number of hydrogen-bond donors (Lipinski definition) is 2. The zero-order chi connectivity index (χ0) is 28.3. The normalized spacial score (nSPS) is 37.7. The topological polar surface area (TPSA) is 119 Å². The molecule has 10 unspecified atom stereocenters. The number of carbonyl (C=O) groups is 3. The number of hydrogen-bond acceptors (Lipinski definition) is 8. The highest BCUT2D eigenvalue weighted by Gasteiger charge is 2.61. The molecule has 0 spiro atoms. The van der Waals surface area contributed by atoms with Crippen LogP contribution in [0.4, 0.5) is 0 Å². The molecule has 2 aliphatic heterocycles. The molecule has 1 saturated carbocycles. The number of ether oxygens (including phenoxy) is 3. The SMILES string of the molecule is CCC(C)C(OC(C)=O)C(C)C1=CC(=O)C2=C(OC3C(C)CC4OC(C(C)(C)O)CCC4(C)C3C2O)C1=O. The maximum absolute atomic E-state index is 13.8. The van der Waals surface area contributed by atoms with Gasteiger partial charge in [0, 0.05) is 29.7 Å². The van der Waals surface area contributed by atoms with Crippen molar-refractivity contribution in [2.24, 2.45) is 29.1 Å². The van der Waals surface area contributed by atoms with Gasteiger partial charge in [0.05, 0.1) is 29.5 Å². The lowest BCUT2D eigenvalue weighted by Crippen LogP contribution is -2.64. The summed E-state index contributed by atoms with van der Waals surface area (Å²) in [6.45, 7) is 14.6. The smallest absolute Gasteiger partial charge is 0.302 e. The number of carbonyl (C=O) groups excluding carboxylic acids is 3. The summed E-state index contributed by atoms with van der Waals surface area (Å²) in [7, 11) is 0. The zero-order valence-electron chi connectivity index (χ0n) is 23.9. The van der Waals surface area contributed by atoms with Gasteiger partial charge in [0.15, 0.2) is 11.5 Å². The van der Waals surface area contributed by atoms with E-state index in [1.54, 1.807) is 20.8 Å². The molecule has 0 bridgehead atoms. The third-order valence-electron chi connectivity index (χ3n) is 9.70. The molecule has 8 heteroatoms. The van der Waals surface area contributed by atoms with Crippen LogP contribution < -0.4 is 0 Å². The summed E-state index contributed by atoms with van der Waals surface area (Å²) in [6.07, 6.45) is 1.26. The minimum Gasteiger partial charge on any atom is -0.485 e. The predicted molar refractivity (Wildman–Crippen MR) is 140 cm³/mol. The Morgan fingerprint density at radius 2 is 1.95 bits per heavy atom. The summed E-state index contributed by atoms with van der Waals surface area (Å²) < 4.78 is 18.4. The summed E-state index contributed by atoms with van der Waals surface area (Å²) in [5, 5.41) is 22.3. The Labute approximate surface area is 225 Å². The number of rotatable bonds is 6. The molecular weight excluding hydrogens is 488 g/mol. The third kappa shape index (κ3) is 4.77. The van der Waals surface area contributed by atoms with Crippen molar-refractivity contribution in [2.45, 2.75) is 117 Å². The Balaban J connectivity index is 1.66. The van der Waals surface area contributed by atoms with Crippen molar-refractivity contribution in [1.82, 2.24) is 0 Å². The number of ketones is 2. The van der Waals surface area contributed by atoms with Crippen molar-refractivity contribution >= 4 is 17.5 Å². The second kappa shape index (κ2) is 10.2. The molecule has 1 saturated heterocycles. The van der Waals surface area contributed by atoms with Crippen LogP contribution in [-0.4, -0.2) is 63.9 Å². The fourth-order valence-corrected chi connectivity index (χ4v) is 7.19. The first-order valence-electron chi connectivity index (χ1n) is 14.1. The van der Waals surface area contributed by atoms with Crippen molar-refractivity contribution in [2.75, 3.05) is 0 Å². The molecule has 10 atom stereocenters. The van der Waals surface area contributed by atoms with Crippen molar-refractivity contribution in [3.8, 4) is 0 Å². The van der Waals surface area contributed by atoms with E-state index in [0.29, 0.717) is 19.3 Å². The number of aliphatic hydroxyl groups is 2. The summed E-state index contributed by atoms with van der Waals surface area (Å²) >= 11 is 0. The molecule has 8 nitrogen and oxygen atoms in total. The highest BCUT2D eigenvalue weighted by Crippen LogP contribution is 2.57. The van der Waals surface area contributed by atoms with Crippen LogP contribution in [0.15, 0.2) is 23.0 Å². The molecule has 0 radical (unpaired) electrons. The van der Waals surface area contributed by atoms with Crippen LogP contribution in [0.25, 0.3) is 0 Å². The molecule has 0 aromatic carbocycles. The minimum absolute atomic E-state index is 0.0125. The Hall–Kier alpha value is -2.03. The summed E-state index contributed by atoms with van der Waals surface area (Å²) in [5.41, 5.74) is -1.22. The second-order valence-electron chi connectivity index (χ2n) is 12.9. The summed E-state index contributed by atoms with van der Waals surface area (Å²) in [5.74, 6) is -2.40. The van der Waals surface area contributed by atoms with Gasteiger partial charge in [-0.15, -0.1) is 0 Å². The van der Waals surface area contributed by atoms with Crippen molar-refractivity contribution < 1.29 is 38.8 Å². The summed E-state index contributed by atoms with van der Waals surface area (Å²) in [6, 6.07) is 0. The van der Waals surface area contributed by atoms with Gasteiger partial charge < -0.3 is 24.4 Å². The number of fused-ring (bicyclic) bond motifs is 3. The molecule has 4 aliphatic rings. The molecule has 4 rings (SSSR count). The van der Waals surface area contributed by atoms with E-state index in [0.717, 1.165) is 6.42 Å². The lowest BCUT2D eigenvalue weighted by molar-refractivity contribution is -0.249. The van der Waals surface area contributed by atoms with Gasteiger partial charge in [-0.05, 0) is 51.0 Å².